The Bertz CT molecular complexity index is 448. The van der Waals surface area contributed by atoms with Crippen molar-refractivity contribution >= 4 is 56.8 Å². The average Bonchev–Trinajstić information content (AvgIpc) is 2.71. The Hall–Kier alpha value is 0.0600. The summed E-state index contributed by atoms with van der Waals surface area (Å²) in [7, 11) is 0. The van der Waals surface area contributed by atoms with E-state index in [2.05, 4.69) is 46.7 Å². The van der Waals surface area contributed by atoms with Gasteiger partial charge in [0.25, 0.3) is 0 Å². The van der Waals surface area contributed by atoms with E-state index in [0.717, 1.165) is 26.0 Å². The lowest BCUT2D eigenvalue weighted by Gasteiger charge is -2.12. The molecule has 0 saturated heterocycles. The smallest absolute Gasteiger partial charge is 0.161 e. The van der Waals surface area contributed by atoms with E-state index in [1.54, 1.807) is 11.8 Å². The van der Waals surface area contributed by atoms with Crippen LogP contribution >= 0.6 is 46.0 Å². The molecule has 1 aliphatic rings. The van der Waals surface area contributed by atoms with Crippen molar-refractivity contribution in [2.45, 2.75) is 19.1 Å². The van der Waals surface area contributed by atoms with Crippen LogP contribution in [-0.4, -0.2) is 17.0 Å². The van der Waals surface area contributed by atoms with Crippen LogP contribution < -0.4 is 5.32 Å². The number of aliphatic imine (C=N–C) groups is 1. The van der Waals surface area contributed by atoms with Crippen molar-refractivity contribution in [2.24, 2.45) is 10.9 Å². The number of halogens is 2. The normalized spacial score (nSPS) is 19.6. The predicted molar refractivity (Wildman–Crippen MR) is 86.3 cm³/mol. The monoisotopic (exact) mass is 380 g/mol. The molecule has 0 bridgehead atoms. The van der Waals surface area contributed by atoms with Crippen LogP contribution in [0.4, 0.5) is 5.69 Å². The molecular weight excluding hydrogens is 367 g/mol. The number of rotatable bonds is 2. The summed E-state index contributed by atoms with van der Waals surface area (Å²) in [5.74, 6) is 0.648. The van der Waals surface area contributed by atoms with Gasteiger partial charge in [-0.1, -0.05) is 37.2 Å². The van der Waals surface area contributed by atoms with Gasteiger partial charge in [0.1, 0.15) is 0 Å². The van der Waals surface area contributed by atoms with Crippen molar-refractivity contribution in [1.29, 1.82) is 0 Å². The second-order valence-corrected chi connectivity index (χ2v) is 7.18. The minimum absolute atomic E-state index is 0.583. The Morgan fingerprint density at radius 3 is 2.88 bits per heavy atom. The van der Waals surface area contributed by atoms with Gasteiger partial charge < -0.3 is 5.32 Å². The number of amidine groups is 1. The molecule has 0 amide bonds. The third-order valence-corrected chi connectivity index (χ3v) is 5.03. The third kappa shape index (κ3) is 3.51. The van der Waals surface area contributed by atoms with Gasteiger partial charge in [-0.05, 0) is 46.7 Å². The van der Waals surface area contributed by atoms with Crippen molar-refractivity contribution in [3.8, 4) is 0 Å². The highest BCUT2D eigenvalue weighted by Gasteiger charge is 2.22. The number of benzene rings is 1. The number of hydrogen-bond acceptors (Lipinski definition) is 3. The van der Waals surface area contributed by atoms with Crippen LogP contribution in [0.2, 0.25) is 5.02 Å². The predicted octanol–water partition coefficient (Wildman–Crippen LogP) is 4.48. The van der Waals surface area contributed by atoms with Gasteiger partial charge in [0.05, 0.1) is 17.3 Å². The minimum atomic E-state index is 0.583. The highest BCUT2D eigenvalue weighted by Crippen LogP contribution is 2.30. The van der Waals surface area contributed by atoms with Crippen LogP contribution in [0.3, 0.4) is 0 Å². The Morgan fingerprint density at radius 1 is 1.53 bits per heavy atom. The van der Waals surface area contributed by atoms with Crippen LogP contribution in [0.1, 0.15) is 13.8 Å². The van der Waals surface area contributed by atoms with Crippen LogP contribution in [0.15, 0.2) is 23.2 Å². The zero-order valence-corrected chi connectivity index (χ0v) is 13.4. The number of nitrogens with one attached hydrogen (secondary N) is 1. The van der Waals surface area contributed by atoms with E-state index in [9.17, 15) is 0 Å². The van der Waals surface area contributed by atoms with E-state index in [1.807, 2.05) is 18.2 Å². The summed E-state index contributed by atoms with van der Waals surface area (Å²) < 4.78 is 1.14. The Kier molecular flexibility index (Phi) is 4.60. The van der Waals surface area contributed by atoms with Crippen LogP contribution in [0.25, 0.3) is 0 Å². The summed E-state index contributed by atoms with van der Waals surface area (Å²) in [6.07, 6.45) is 0. The van der Waals surface area contributed by atoms with Gasteiger partial charge in [-0.25, -0.2) is 0 Å². The lowest BCUT2D eigenvalue weighted by atomic mass is 10.1. The van der Waals surface area contributed by atoms with Gasteiger partial charge in [0, 0.05) is 8.82 Å². The number of nitrogens with zero attached hydrogens (tertiary/aromatic N) is 1. The minimum Gasteiger partial charge on any atom is -0.334 e. The van der Waals surface area contributed by atoms with E-state index in [-0.39, 0.29) is 0 Å². The zero-order chi connectivity index (χ0) is 12.4. The fraction of sp³-hybridized carbons (Fsp3) is 0.417. The van der Waals surface area contributed by atoms with E-state index in [0.29, 0.717) is 11.2 Å². The standard InChI is InChI=1S/C12H14ClIN2S/c1-7(2)11-6-15-12(17-11)16-10-4-3-8(14)5-9(10)13/h3-5,7,11H,6H2,1-2H3,(H,15,16). The molecule has 1 aromatic carbocycles. The molecule has 1 atom stereocenters. The molecule has 5 heteroatoms. The van der Waals surface area contributed by atoms with Gasteiger partial charge in [-0.15, -0.1) is 0 Å². The van der Waals surface area contributed by atoms with Gasteiger partial charge >= 0.3 is 0 Å². The Balaban J connectivity index is 2.03. The fourth-order valence-electron chi connectivity index (χ4n) is 1.51. The summed E-state index contributed by atoms with van der Waals surface area (Å²) in [6.45, 7) is 5.36. The molecule has 1 heterocycles. The second kappa shape index (κ2) is 5.80. The first-order valence-corrected chi connectivity index (χ1v) is 7.83. The van der Waals surface area contributed by atoms with Gasteiger partial charge in [-0.2, -0.15) is 0 Å². The first-order valence-electron chi connectivity index (χ1n) is 5.49. The SMILES string of the molecule is CC(C)C1CN=C(Nc2ccc(I)cc2Cl)S1. The van der Waals surface area contributed by atoms with Crippen LogP contribution in [0, 0.1) is 9.49 Å². The Morgan fingerprint density at radius 2 is 2.29 bits per heavy atom. The van der Waals surface area contributed by atoms with Crippen molar-refractivity contribution in [3.63, 3.8) is 0 Å². The highest BCUT2D eigenvalue weighted by atomic mass is 127. The van der Waals surface area contributed by atoms with E-state index >= 15 is 0 Å². The molecule has 0 saturated carbocycles. The van der Waals surface area contributed by atoms with Crippen molar-refractivity contribution in [3.05, 3.63) is 26.8 Å². The van der Waals surface area contributed by atoms with Crippen molar-refractivity contribution in [1.82, 2.24) is 0 Å². The molecule has 2 nitrogen and oxygen atoms in total. The number of hydrogen-bond donors (Lipinski definition) is 1. The topological polar surface area (TPSA) is 24.4 Å². The molecule has 0 radical (unpaired) electrons. The first kappa shape index (κ1) is 13.5. The molecule has 1 unspecified atom stereocenters. The van der Waals surface area contributed by atoms with E-state index < -0.39 is 0 Å². The number of thioether (sulfide) groups is 1. The maximum Gasteiger partial charge on any atom is 0.161 e. The highest BCUT2D eigenvalue weighted by molar-refractivity contribution is 14.1. The summed E-state index contributed by atoms with van der Waals surface area (Å²) in [6, 6.07) is 5.98. The Labute approximate surface area is 125 Å². The molecule has 2 rings (SSSR count). The molecule has 1 aliphatic heterocycles. The molecule has 1 aromatic rings. The maximum absolute atomic E-state index is 6.18. The molecule has 92 valence electrons. The summed E-state index contributed by atoms with van der Waals surface area (Å²) in [4.78, 5) is 4.51. The molecule has 0 fully saturated rings. The van der Waals surface area contributed by atoms with Gasteiger partial charge in [-0.3, -0.25) is 4.99 Å². The fourth-order valence-corrected chi connectivity index (χ4v) is 3.44. The molecule has 0 aliphatic carbocycles. The zero-order valence-electron chi connectivity index (χ0n) is 9.71. The first-order chi connectivity index (χ1) is 8.06. The lowest BCUT2D eigenvalue weighted by Crippen LogP contribution is -2.13. The summed E-state index contributed by atoms with van der Waals surface area (Å²) >= 11 is 10.2. The molecule has 17 heavy (non-hydrogen) atoms. The van der Waals surface area contributed by atoms with Crippen molar-refractivity contribution in [2.75, 3.05) is 11.9 Å². The maximum atomic E-state index is 6.18. The largest absolute Gasteiger partial charge is 0.334 e. The van der Waals surface area contributed by atoms with Gasteiger partial charge in [0.15, 0.2) is 5.17 Å². The summed E-state index contributed by atoms with van der Waals surface area (Å²) in [5.41, 5.74) is 0.933. The van der Waals surface area contributed by atoms with Crippen molar-refractivity contribution < 1.29 is 0 Å². The van der Waals surface area contributed by atoms with Crippen LogP contribution in [-0.2, 0) is 0 Å². The van der Waals surface area contributed by atoms with Gasteiger partial charge in [0.2, 0.25) is 0 Å². The van der Waals surface area contributed by atoms with E-state index in [4.69, 9.17) is 11.6 Å². The number of anilines is 1. The van der Waals surface area contributed by atoms with E-state index in [1.165, 1.54) is 0 Å². The molecule has 0 spiro atoms. The molecular formula is C12H14ClIN2S. The van der Waals surface area contributed by atoms with Crippen LogP contribution in [0.5, 0.6) is 0 Å². The lowest BCUT2D eigenvalue weighted by molar-refractivity contribution is 0.621. The molecule has 1 N–H and O–H groups in total. The third-order valence-electron chi connectivity index (χ3n) is 2.59. The summed E-state index contributed by atoms with van der Waals surface area (Å²) in [5, 5.41) is 5.60. The second-order valence-electron chi connectivity index (χ2n) is 4.30. The quantitative estimate of drug-likeness (QED) is 0.765. The average molecular weight is 381 g/mol. The molecule has 0 aromatic heterocycles.